The lowest BCUT2D eigenvalue weighted by Gasteiger charge is -2.13. The highest BCUT2D eigenvalue weighted by atomic mass is 79.9. The van der Waals surface area contributed by atoms with E-state index in [-0.39, 0.29) is 5.82 Å². The number of fused-ring (bicyclic) bond motifs is 1. The molecule has 0 unspecified atom stereocenters. The van der Waals surface area contributed by atoms with Gasteiger partial charge in [-0.2, -0.15) is 0 Å². The minimum absolute atomic E-state index is 0.295. The summed E-state index contributed by atoms with van der Waals surface area (Å²) in [7, 11) is 3.17. The second-order valence-electron chi connectivity index (χ2n) is 5.02. The average Bonchev–Trinajstić information content (AvgIpc) is 2.59. The number of halogens is 2. The molecule has 0 spiro atoms. The van der Waals surface area contributed by atoms with Crippen molar-refractivity contribution in [2.75, 3.05) is 19.5 Å². The first-order valence-corrected chi connectivity index (χ1v) is 7.97. The van der Waals surface area contributed by atoms with E-state index in [4.69, 9.17) is 9.47 Å². The average molecular weight is 392 g/mol. The molecule has 0 aliphatic rings. The van der Waals surface area contributed by atoms with Gasteiger partial charge in [0.25, 0.3) is 0 Å². The van der Waals surface area contributed by atoms with Crippen molar-refractivity contribution in [1.82, 2.24) is 9.97 Å². The molecule has 0 saturated carbocycles. The Labute approximate surface area is 147 Å². The molecule has 0 bridgehead atoms. The Hall–Kier alpha value is -2.41. The molecule has 0 amide bonds. The third-order valence-electron chi connectivity index (χ3n) is 3.57. The summed E-state index contributed by atoms with van der Waals surface area (Å²) in [6.07, 6.45) is 1.35. The highest BCUT2D eigenvalue weighted by Gasteiger charge is 2.11. The lowest BCUT2D eigenvalue weighted by molar-refractivity contribution is 0.352. The molecular formula is C17H15BrFN3O2. The number of ether oxygens (including phenoxy) is 2. The summed E-state index contributed by atoms with van der Waals surface area (Å²) >= 11 is 3.47. The van der Waals surface area contributed by atoms with Gasteiger partial charge in [-0.1, -0.05) is 6.07 Å². The van der Waals surface area contributed by atoms with Crippen LogP contribution in [0.2, 0.25) is 0 Å². The molecule has 0 fully saturated rings. The van der Waals surface area contributed by atoms with Gasteiger partial charge in [-0.15, -0.1) is 0 Å². The minimum Gasteiger partial charge on any atom is -0.493 e. The summed E-state index contributed by atoms with van der Waals surface area (Å²) in [5, 5.41) is 3.85. The molecule has 24 heavy (non-hydrogen) atoms. The number of benzene rings is 2. The van der Waals surface area contributed by atoms with Crippen LogP contribution in [-0.2, 0) is 6.54 Å². The number of nitrogens with one attached hydrogen (secondary N) is 1. The maximum atomic E-state index is 13.8. The summed E-state index contributed by atoms with van der Waals surface area (Å²) < 4.78 is 25.2. The zero-order valence-electron chi connectivity index (χ0n) is 13.1. The van der Waals surface area contributed by atoms with E-state index in [0.717, 1.165) is 10.0 Å². The molecule has 0 atom stereocenters. The maximum absolute atomic E-state index is 13.8. The smallest absolute Gasteiger partial charge is 0.174 e. The predicted molar refractivity (Wildman–Crippen MR) is 94.1 cm³/mol. The van der Waals surface area contributed by atoms with E-state index in [9.17, 15) is 4.39 Å². The van der Waals surface area contributed by atoms with Crippen molar-refractivity contribution in [3.63, 3.8) is 0 Å². The minimum atomic E-state index is -0.369. The van der Waals surface area contributed by atoms with E-state index in [2.05, 4.69) is 31.2 Å². The zero-order valence-corrected chi connectivity index (χ0v) is 14.7. The normalized spacial score (nSPS) is 10.7. The van der Waals surface area contributed by atoms with E-state index in [0.29, 0.717) is 34.8 Å². The summed E-state index contributed by atoms with van der Waals surface area (Å²) in [6.45, 7) is 0.488. The molecule has 1 heterocycles. The van der Waals surface area contributed by atoms with E-state index in [1.807, 2.05) is 12.1 Å². The molecule has 1 aromatic heterocycles. The van der Waals surface area contributed by atoms with Crippen LogP contribution in [0.15, 0.2) is 41.1 Å². The number of nitrogens with zero attached hydrogens (tertiary/aromatic N) is 2. The van der Waals surface area contributed by atoms with E-state index >= 15 is 0 Å². The van der Waals surface area contributed by atoms with Crippen LogP contribution < -0.4 is 14.8 Å². The van der Waals surface area contributed by atoms with E-state index < -0.39 is 0 Å². The largest absolute Gasteiger partial charge is 0.493 e. The lowest BCUT2D eigenvalue weighted by atomic mass is 10.2. The first-order valence-electron chi connectivity index (χ1n) is 7.17. The SMILES string of the molecule is COc1cc(CNc2ncnc3c(F)cccc23)cc(Br)c1OC. The van der Waals surface area contributed by atoms with Gasteiger partial charge in [0.05, 0.1) is 18.7 Å². The van der Waals surface area contributed by atoms with Gasteiger partial charge in [0.2, 0.25) is 0 Å². The Morgan fingerprint density at radius 1 is 1.17 bits per heavy atom. The molecule has 0 saturated heterocycles. The number of anilines is 1. The van der Waals surface area contributed by atoms with Gasteiger partial charge in [0.1, 0.15) is 23.5 Å². The van der Waals surface area contributed by atoms with Crippen molar-refractivity contribution in [2.24, 2.45) is 0 Å². The Morgan fingerprint density at radius 2 is 2.00 bits per heavy atom. The first-order chi connectivity index (χ1) is 11.6. The Kier molecular flexibility index (Phi) is 4.80. The van der Waals surface area contributed by atoms with Crippen LogP contribution in [0.25, 0.3) is 10.9 Å². The number of methoxy groups -OCH3 is 2. The van der Waals surface area contributed by atoms with Crippen LogP contribution >= 0.6 is 15.9 Å². The molecule has 0 aliphatic carbocycles. The van der Waals surface area contributed by atoms with E-state index in [1.165, 1.54) is 12.4 Å². The summed E-state index contributed by atoms with van der Waals surface area (Å²) in [6, 6.07) is 8.61. The Bertz CT molecular complexity index is 889. The van der Waals surface area contributed by atoms with Crippen LogP contribution in [0.4, 0.5) is 10.2 Å². The second kappa shape index (κ2) is 7.00. The fourth-order valence-electron chi connectivity index (χ4n) is 2.45. The molecule has 0 radical (unpaired) electrons. The molecule has 2 aromatic carbocycles. The van der Waals surface area contributed by atoms with Gasteiger partial charge in [-0.25, -0.2) is 14.4 Å². The molecule has 1 N–H and O–H groups in total. The fraction of sp³-hybridized carbons (Fsp3) is 0.176. The van der Waals surface area contributed by atoms with Crippen molar-refractivity contribution in [2.45, 2.75) is 6.54 Å². The predicted octanol–water partition coefficient (Wildman–Crippen LogP) is 4.16. The fourth-order valence-corrected chi connectivity index (χ4v) is 3.10. The monoisotopic (exact) mass is 391 g/mol. The third-order valence-corrected chi connectivity index (χ3v) is 4.16. The van der Waals surface area contributed by atoms with Crippen molar-refractivity contribution in [1.29, 1.82) is 0 Å². The van der Waals surface area contributed by atoms with Crippen LogP contribution in [-0.4, -0.2) is 24.2 Å². The number of rotatable bonds is 5. The van der Waals surface area contributed by atoms with Crippen LogP contribution in [0.5, 0.6) is 11.5 Å². The highest BCUT2D eigenvalue weighted by Crippen LogP contribution is 2.36. The highest BCUT2D eigenvalue weighted by molar-refractivity contribution is 9.10. The zero-order chi connectivity index (χ0) is 17.1. The Balaban J connectivity index is 1.89. The summed E-state index contributed by atoms with van der Waals surface area (Å²) in [4.78, 5) is 8.20. The molecule has 7 heteroatoms. The van der Waals surface area contributed by atoms with Crippen molar-refractivity contribution in [3.8, 4) is 11.5 Å². The standard InChI is InChI=1S/C17H15BrFN3O2/c1-23-14-7-10(6-12(18)16(14)24-2)8-20-17-11-4-3-5-13(19)15(11)21-9-22-17/h3-7,9H,8H2,1-2H3,(H,20,21,22). The van der Waals surface area contributed by atoms with Gasteiger partial charge in [-0.05, 0) is 45.8 Å². The lowest BCUT2D eigenvalue weighted by Crippen LogP contribution is -2.04. The van der Waals surface area contributed by atoms with Gasteiger partial charge in [0, 0.05) is 11.9 Å². The third kappa shape index (κ3) is 3.12. The van der Waals surface area contributed by atoms with E-state index in [1.54, 1.807) is 26.4 Å². The van der Waals surface area contributed by atoms with Crippen LogP contribution in [0.1, 0.15) is 5.56 Å². The van der Waals surface area contributed by atoms with Crippen molar-refractivity contribution < 1.29 is 13.9 Å². The second-order valence-corrected chi connectivity index (χ2v) is 5.88. The van der Waals surface area contributed by atoms with Crippen LogP contribution in [0.3, 0.4) is 0 Å². The van der Waals surface area contributed by atoms with Gasteiger partial charge in [-0.3, -0.25) is 0 Å². The first kappa shape index (κ1) is 16.4. The number of hydrogen-bond acceptors (Lipinski definition) is 5. The summed E-state index contributed by atoms with van der Waals surface area (Å²) in [5.41, 5.74) is 1.26. The Morgan fingerprint density at radius 3 is 2.75 bits per heavy atom. The van der Waals surface area contributed by atoms with Crippen molar-refractivity contribution >= 4 is 32.7 Å². The van der Waals surface area contributed by atoms with Crippen molar-refractivity contribution in [3.05, 3.63) is 52.5 Å². The van der Waals surface area contributed by atoms with Gasteiger partial charge in [0.15, 0.2) is 11.5 Å². The van der Waals surface area contributed by atoms with Gasteiger partial charge < -0.3 is 14.8 Å². The molecule has 124 valence electrons. The van der Waals surface area contributed by atoms with Crippen LogP contribution in [0, 0.1) is 5.82 Å². The molecule has 3 aromatic rings. The number of aromatic nitrogens is 2. The topological polar surface area (TPSA) is 56.3 Å². The number of hydrogen-bond donors (Lipinski definition) is 1. The summed E-state index contributed by atoms with van der Waals surface area (Å²) in [5.74, 6) is 1.47. The maximum Gasteiger partial charge on any atom is 0.174 e. The molecule has 3 rings (SSSR count). The molecule has 0 aliphatic heterocycles. The molecular weight excluding hydrogens is 377 g/mol. The van der Waals surface area contributed by atoms with Gasteiger partial charge >= 0.3 is 0 Å². The number of para-hydroxylation sites is 1. The molecule has 5 nitrogen and oxygen atoms in total. The quantitative estimate of drug-likeness (QED) is 0.707.